The highest BCUT2D eigenvalue weighted by molar-refractivity contribution is 6.08. The summed E-state index contributed by atoms with van der Waals surface area (Å²) in [4.78, 5) is 26.1. The predicted molar refractivity (Wildman–Crippen MR) is 93.7 cm³/mol. The highest BCUT2D eigenvalue weighted by Gasteiger charge is 2.24. The molecule has 1 aliphatic rings. The summed E-state index contributed by atoms with van der Waals surface area (Å²) in [5.41, 5.74) is 3.18. The smallest absolute Gasteiger partial charge is 0.258 e. The fraction of sp³-hybridized carbons (Fsp3) is 0.263. The number of carbonyl (C=O) groups is 2. The Bertz CT molecular complexity index is 786. The van der Waals surface area contributed by atoms with E-state index in [1.165, 1.54) is 19.6 Å². The van der Waals surface area contributed by atoms with E-state index in [2.05, 4.69) is 11.4 Å². The van der Waals surface area contributed by atoms with Gasteiger partial charge in [0.05, 0.1) is 12.8 Å². The van der Waals surface area contributed by atoms with Gasteiger partial charge in [0, 0.05) is 24.7 Å². The van der Waals surface area contributed by atoms with E-state index in [-0.39, 0.29) is 11.8 Å². The number of hydrogen-bond acceptors (Lipinski definition) is 3. The van der Waals surface area contributed by atoms with Crippen LogP contribution in [0.3, 0.4) is 0 Å². The summed E-state index contributed by atoms with van der Waals surface area (Å²) < 4.78 is 5.24. The SMILES string of the molecule is COc1ccc(C(=O)N2CCCc3ccccc32)cc1NC(C)=O. The molecule has 1 N–H and O–H groups in total. The van der Waals surface area contributed by atoms with Gasteiger partial charge in [-0.2, -0.15) is 0 Å². The van der Waals surface area contributed by atoms with Crippen LogP contribution in [-0.4, -0.2) is 25.5 Å². The van der Waals surface area contributed by atoms with Crippen LogP contribution in [0.4, 0.5) is 11.4 Å². The number of methoxy groups -OCH3 is 1. The van der Waals surface area contributed by atoms with E-state index in [4.69, 9.17) is 4.74 Å². The molecule has 3 rings (SSSR count). The number of benzene rings is 2. The number of rotatable bonds is 3. The van der Waals surface area contributed by atoms with Crippen molar-refractivity contribution in [2.24, 2.45) is 0 Å². The highest BCUT2D eigenvalue weighted by Crippen LogP contribution is 2.30. The Morgan fingerprint density at radius 1 is 1.17 bits per heavy atom. The molecule has 0 radical (unpaired) electrons. The Morgan fingerprint density at radius 3 is 2.71 bits per heavy atom. The van der Waals surface area contributed by atoms with E-state index < -0.39 is 0 Å². The maximum absolute atomic E-state index is 13.0. The first-order valence-corrected chi connectivity index (χ1v) is 7.95. The molecule has 0 atom stereocenters. The van der Waals surface area contributed by atoms with Gasteiger partial charge in [-0.3, -0.25) is 9.59 Å². The van der Waals surface area contributed by atoms with Crippen LogP contribution < -0.4 is 15.0 Å². The van der Waals surface area contributed by atoms with E-state index in [9.17, 15) is 9.59 Å². The lowest BCUT2D eigenvalue weighted by Crippen LogP contribution is -2.35. The number of carbonyl (C=O) groups excluding carboxylic acids is 2. The van der Waals surface area contributed by atoms with Gasteiger partial charge < -0.3 is 15.0 Å². The van der Waals surface area contributed by atoms with Gasteiger partial charge in [0.1, 0.15) is 5.75 Å². The number of ether oxygens (including phenoxy) is 1. The van der Waals surface area contributed by atoms with Gasteiger partial charge in [-0.25, -0.2) is 0 Å². The number of hydrogen-bond donors (Lipinski definition) is 1. The number of nitrogens with one attached hydrogen (secondary N) is 1. The van der Waals surface area contributed by atoms with Gasteiger partial charge in [-0.1, -0.05) is 18.2 Å². The molecule has 124 valence electrons. The van der Waals surface area contributed by atoms with E-state index in [0.717, 1.165) is 18.5 Å². The van der Waals surface area contributed by atoms with E-state index >= 15 is 0 Å². The van der Waals surface area contributed by atoms with E-state index in [1.807, 2.05) is 18.2 Å². The van der Waals surface area contributed by atoms with Gasteiger partial charge in [-0.15, -0.1) is 0 Å². The van der Waals surface area contributed by atoms with Crippen molar-refractivity contribution < 1.29 is 14.3 Å². The normalized spacial score (nSPS) is 13.2. The number of nitrogens with zero attached hydrogens (tertiary/aromatic N) is 1. The van der Waals surface area contributed by atoms with Crippen LogP contribution in [0.25, 0.3) is 0 Å². The molecule has 5 heteroatoms. The van der Waals surface area contributed by atoms with Gasteiger partial charge in [0.15, 0.2) is 0 Å². The Labute approximate surface area is 141 Å². The van der Waals surface area contributed by atoms with E-state index in [1.54, 1.807) is 23.1 Å². The monoisotopic (exact) mass is 324 g/mol. The third-order valence-electron chi connectivity index (χ3n) is 4.11. The summed E-state index contributed by atoms with van der Waals surface area (Å²) in [7, 11) is 1.53. The molecule has 24 heavy (non-hydrogen) atoms. The standard InChI is InChI=1S/C19H20N2O3/c1-13(22)20-16-12-15(9-10-18(16)24-2)19(23)21-11-5-7-14-6-3-4-8-17(14)21/h3-4,6,8-10,12H,5,7,11H2,1-2H3,(H,20,22). The second-order valence-corrected chi connectivity index (χ2v) is 5.79. The zero-order valence-corrected chi connectivity index (χ0v) is 13.8. The third kappa shape index (κ3) is 3.11. The first-order valence-electron chi connectivity index (χ1n) is 7.95. The average molecular weight is 324 g/mol. The van der Waals surface area contributed by atoms with Gasteiger partial charge in [-0.05, 0) is 42.7 Å². The molecular weight excluding hydrogens is 304 g/mol. The number of anilines is 2. The maximum Gasteiger partial charge on any atom is 0.258 e. The van der Waals surface area contributed by atoms with Crippen LogP contribution in [0.5, 0.6) is 5.75 Å². The minimum absolute atomic E-state index is 0.0728. The second kappa shape index (κ2) is 6.74. The first kappa shape index (κ1) is 16.1. The molecule has 1 aliphatic heterocycles. The zero-order valence-electron chi connectivity index (χ0n) is 13.8. The van der Waals surface area contributed by atoms with Crippen molar-refractivity contribution in [1.29, 1.82) is 0 Å². The molecule has 0 bridgehead atoms. The molecule has 0 fully saturated rings. The Hall–Kier alpha value is -2.82. The van der Waals surface area contributed by atoms with Crippen LogP contribution in [0.1, 0.15) is 29.3 Å². The van der Waals surface area contributed by atoms with Crippen molar-refractivity contribution in [2.75, 3.05) is 23.9 Å². The summed E-state index contributed by atoms with van der Waals surface area (Å²) in [6, 6.07) is 13.1. The Morgan fingerprint density at radius 2 is 1.96 bits per heavy atom. The minimum atomic E-state index is -0.207. The van der Waals surface area contributed by atoms with E-state index in [0.29, 0.717) is 23.5 Å². The largest absolute Gasteiger partial charge is 0.495 e. The number of aryl methyl sites for hydroxylation is 1. The Balaban J connectivity index is 1.95. The van der Waals surface area contributed by atoms with Crippen molar-refractivity contribution >= 4 is 23.2 Å². The molecule has 0 saturated carbocycles. The first-order chi connectivity index (χ1) is 11.6. The maximum atomic E-state index is 13.0. The molecule has 0 unspecified atom stereocenters. The molecule has 2 aromatic rings. The number of fused-ring (bicyclic) bond motifs is 1. The zero-order chi connectivity index (χ0) is 17.1. The molecule has 1 heterocycles. The second-order valence-electron chi connectivity index (χ2n) is 5.79. The quantitative estimate of drug-likeness (QED) is 0.943. The third-order valence-corrected chi connectivity index (χ3v) is 4.11. The molecular formula is C19H20N2O3. The van der Waals surface area contributed by atoms with Crippen molar-refractivity contribution in [3.8, 4) is 5.75 Å². The fourth-order valence-corrected chi connectivity index (χ4v) is 3.03. The molecule has 0 saturated heterocycles. The predicted octanol–water partition coefficient (Wildman–Crippen LogP) is 3.25. The molecule has 0 aliphatic carbocycles. The topological polar surface area (TPSA) is 58.6 Å². The lowest BCUT2D eigenvalue weighted by molar-refractivity contribution is -0.114. The molecule has 2 aromatic carbocycles. The number of para-hydroxylation sites is 1. The van der Waals surface area contributed by atoms with Crippen LogP contribution in [-0.2, 0) is 11.2 Å². The van der Waals surface area contributed by atoms with Crippen molar-refractivity contribution in [3.05, 3.63) is 53.6 Å². The fourth-order valence-electron chi connectivity index (χ4n) is 3.03. The lowest BCUT2D eigenvalue weighted by Gasteiger charge is -2.29. The highest BCUT2D eigenvalue weighted by atomic mass is 16.5. The molecule has 5 nitrogen and oxygen atoms in total. The summed E-state index contributed by atoms with van der Waals surface area (Å²) in [6.07, 6.45) is 1.93. The van der Waals surface area contributed by atoms with Crippen LogP contribution in [0, 0.1) is 0 Å². The van der Waals surface area contributed by atoms with Gasteiger partial charge in [0.25, 0.3) is 5.91 Å². The summed E-state index contributed by atoms with van der Waals surface area (Å²) in [5.74, 6) is 0.249. The molecule has 0 spiro atoms. The van der Waals surface area contributed by atoms with Crippen LogP contribution >= 0.6 is 0 Å². The van der Waals surface area contributed by atoms with Crippen molar-refractivity contribution in [2.45, 2.75) is 19.8 Å². The average Bonchev–Trinajstić information content (AvgIpc) is 2.60. The molecule has 2 amide bonds. The minimum Gasteiger partial charge on any atom is -0.495 e. The Kier molecular flexibility index (Phi) is 4.51. The van der Waals surface area contributed by atoms with Crippen LogP contribution in [0.15, 0.2) is 42.5 Å². The van der Waals surface area contributed by atoms with Gasteiger partial charge >= 0.3 is 0 Å². The summed E-state index contributed by atoms with van der Waals surface area (Å²) in [6.45, 7) is 2.12. The van der Waals surface area contributed by atoms with Crippen molar-refractivity contribution in [3.63, 3.8) is 0 Å². The summed E-state index contributed by atoms with van der Waals surface area (Å²) in [5, 5.41) is 2.71. The van der Waals surface area contributed by atoms with Crippen LogP contribution in [0.2, 0.25) is 0 Å². The van der Waals surface area contributed by atoms with Gasteiger partial charge in [0.2, 0.25) is 5.91 Å². The summed E-state index contributed by atoms with van der Waals surface area (Å²) >= 11 is 0. The number of amides is 2. The lowest BCUT2D eigenvalue weighted by atomic mass is 10.0. The van der Waals surface area contributed by atoms with Crippen molar-refractivity contribution in [1.82, 2.24) is 0 Å². The molecule has 0 aromatic heterocycles.